The van der Waals surface area contributed by atoms with Crippen molar-refractivity contribution < 1.29 is 45.1 Å². The molecule has 0 amide bonds. The zero-order valence-corrected chi connectivity index (χ0v) is 22.6. The van der Waals surface area contributed by atoms with Crippen molar-refractivity contribution in [3.63, 3.8) is 0 Å². The molecular formula is C29H32Cl2Zr. The normalized spacial score (nSPS) is 48.0. The van der Waals surface area contributed by atoms with Crippen molar-refractivity contribution in [1.29, 1.82) is 0 Å². The van der Waals surface area contributed by atoms with E-state index in [0.717, 1.165) is 42.8 Å². The van der Waals surface area contributed by atoms with Gasteiger partial charge in [0.25, 0.3) is 0 Å². The van der Waals surface area contributed by atoms with Crippen LogP contribution in [-0.4, -0.2) is 0 Å². The Kier molecular flexibility index (Phi) is 6.18. The molecule has 1 heterocycles. The minimum Gasteiger partial charge on any atom is -1.00 e. The standard InChI is InChI=1S/C21H21.C5H5.C3H6.2ClH.Zr/c1-2-8-15-14(7-1)13-20-18-11-4-3-9-16(18)17-10-5-6-12-19(17)21(15)20;1-2-4-5-3-1;1-3-2;;;/h1-21H;1-3H,4H2;3H,1H2,2H3;2*1H;/q;;;;;+2/p-2. The predicted molar refractivity (Wildman–Crippen MR) is 123 cm³/mol. The first-order valence-electron chi connectivity index (χ1n) is 12.2. The van der Waals surface area contributed by atoms with Crippen molar-refractivity contribution in [3.8, 4) is 0 Å². The first kappa shape index (κ1) is 23.1. The molecule has 0 aromatic carbocycles. The van der Waals surface area contributed by atoms with E-state index in [4.69, 9.17) is 0 Å². The fourth-order valence-corrected chi connectivity index (χ4v) is 27.5. The molecule has 6 aliphatic carbocycles. The third kappa shape index (κ3) is 3.03. The number of halogens is 2. The molecule has 0 N–H and O–H groups in total. The largest absolute Gasteiger partial charge is 1.00 e. The van der Waals surface area contributed by atoms with Gasteiger partial charge in [0.2, 0.25) is 0 Å². The van der Waals surface area contributed by atoms with Crippen molar-refractivity contribution in [1.82, 2.24) is 0 Å². The fourth-order valence-electron chi connectivity index (χ4n) is 9.02. The zero-order valence-electron chi connectivity index (χ0n) is 18.6. The van der Waals surface area contributed by atoms with Crippen molar-refractivity contribution in [3.05, 3.63) is 94.4 Å². The van der Waals surface area contributed by atoms with E-state index in [9.17, 15) is 0 Å². The Bertz CT molecular complexity index is 1010. The van der Waals surface area contributed by atoms with Crippen molar-refractivity contribution in [2.75, 3.05) is 0 Å². The predicted octanol–water partition coefficient (Wildman–Crippen LogP) is 1.36. The van der Waals surface area contributed by atoms with E-state index in [-0.39, 0.29) is 24.8 Å². The smallest absolute Gasteiger partial charge is 1.00 e. The van der Waals surface area contributed by atoms with E-state index < -0.39 is 20.3 Å². The van der Waals surface area contributed by atoms with E-state index >= 15 is 0 Å². The quantitative estimate of drug-likeness (QED) is 0.495. The minimum atomic E-state index is -2.38. The molecule has 7 rings (SSSR count). The Morgan fingerprint density at radius 1 is 0.625 bits per heavy atom. The number of rotatable bonds is 2. The summed E-state index contributed by atoms with van der Waals surface area (Å²) in [5, 5.41) is 0. The number of hydrogen-bond donors (Lipinski definition) is 0. The van der Waals surface area contributed by atoms with Gasteiger partial charge in [-0.15, -0.1) is 0 Å². The average Bonchev–Trinajstić information content (AvgIpc) is 3.16. The molecule has 3 fully saturated rings. The molecule has 32 heavy (non-hydrogen) atoms. The molecule has 0 nitrogen and oxygen atoms in total. The summed E-state index contributed by atoms with van der Waals surface area (Å²) in [4.78, 5) is 0. The number of allylic oxidation sites excluding steroid dienone is 16. The van der Waals surface area contributed by atoms with E-state index in [1.165, 1.54) is 6.42 Å². The Hall–Kier alpha value is -0.617. The van der Waals surface area contributed by atoms with Gasteiger partial charge in [-0.05, 0) is 0 Å². The zero-order chi connectivity index (χ0) is 19.9. The van der Waals surface area contributed by atoms with Crippen LogP contribution in [0.4, 0.5) is 0 Å². The monoisotopic (exact) mass is 540 g/mol. The Labute approximate surface area is 210 Å². The fraction of sp³-hybridized carbons (Fsp3) is 0.448. The second-order valence-electron chi connectivity index (χ2n) is 10.9. The van der Waals surface area contributed by atoms with E-state index in [2.05, 4.69) is 98.1 Å². The Morgan fingerprint density at radius 2 is 1.09 bits per heavy atom. The summed E-state index contributed by atoms with van der Waals surface area (Å²) in [6.45, 7) is 2.63. The van der Waals surface area contributed by atoms with Crippen LogP contribution in [0.2, 0.25) is 11.4 Å². The molecule has 11 atom stereocenters. The van der Waals surface area contributed by atoms with Crippen LogP contribution in [0, 0.1) is 47.3 Å². The second-order valence-corrected chi connectivity index (χ2v) is 22.7. The van der Waals surface area contributed by atoms with E-state index in [1.807, 2.05) is 3.28 Å². The maximum Gasteiger partial charge on any atom is -1.00 e. The molecule has 0 bridgehead atoms. The second kappa shape index (κ2) is 8.55. The van der Waals surface area contributed by atoms with Crippen LogP contribution in [0.3, 0.4) is 0 Å². The molecule has 2 saturated carbocycles. The van der Waals surface area contributed by atoms with Gasteiger partial charge < -0.3 is 24.8 Å². The summed E-state index contributed by atoms with van der Waals surface area (Å²) in [6, 6.07) is 0. The first-order chi connectivity index (χ1) is 14.8. The van der Waals surface area contributed by atoms with Gasteiger partial charge in [-0.3, -0.25) is 0 Å². The molecule has 0 spiro atoms. The Balaban J connectivity index is 0.00000108. The summed E-state index contributed by atoms with van der Waals surface area (Å²) >= 11 is -2.38. The van der Waals surface area contributed by atoms with Gasteiger partial charge in [0.15, 0.2) is 0 Å². The van der Waals surface area contributed by atoms with Gasteiger partial charge in [0, 0.05) is 0 Å². The Morgan fingerprint density at radius 3 is 1.59 bits per heavy atom. The molecule has 3 heteroatoms. The van der Waals surface area contributed by atoms with Crippen LogP contribution in [0.25, 0.3) is 0 Å². The van der Waals surface area contributed by atoms with Crippen LogP contribution in [0.5, 0.6) is 0 Å². The summed E-state index contributed by atoms with van der Waals surface area (Å²) in [5.41, 5.74) is 0. The van der Waals surface area contributed by atoms with Gasteiger partial charge in [-0.25, -0.2) is 0 Å². The van der Waals surface area contributed by atoms with Crippen LogP contribution in [0.1, 0.15) is 13.3 Å². The van der Waals surface area contributed by atoms with Gasteiger partial charge in [-0.2, -0.15) is 0 Å². The van der Waals surface area contributed by atoms with Gasteiger partial charge in [0.1, 0.15) is 0 Å². The van der Waals surface area contributed by atoms with Gasteiger partial charge in [-0.1, -0.05) is 0 Å². The molecule has 166 valence electrons. The molecular weight excluding hydrogens is 510 g/mol. The molecule has 0 radical (unpaired) electrons. The number of fused-ring (bicyclic) bond motifs is 8. The van der Waals surface area contributed by atoms with Gasteiger partial charge in [0.05, 0.1) is 0 Å². The topological polar surface area (TPSA) is 0 Å². The summed E-state index contributed by atoms with van der Waals surface area (Å²) in [7, 11) is 0. The van der Waals surface area contributed by atoms with Crippen LogP contribution in [0.15, 0.2) is 94.4 Å². The molecule has 1 aliphatic heterocycles. The van der Waals surface area contributed by atoms with E-state index in [1.54, 1.807) is 4.13 Å². The summed E-state index contributed by atoms with van der Waals surface area (Å²) < 4.78 is 5.59. The van der Waals surface area contributed by atoms with Gasteiger partial charge >= 0.3 is 187 Å². The van der Waals surface area contributed by atoms with Crippen molar-refractivity contribution >= 4 is 0 Å². The molecule has 0 aromatic rings. The minimum absolute atomic E-state index is 0. The van der Waals surface area contributed by atoms with E-state index in [0.29, 0.717) is 11.8 Å². The summed E-state index contributed by atoms with van der Waals surface area (Å²) in [5.74, 6) is 6.10. The van der Waals surface area contributed by atoms with Crippen molar-refractivity contribution in [2.45, 2.75) is 24.7 Å². The summed E-state index contributed by atoms with van der Waals surface area (Å²) in [6.07, 6.45) is 38.5. The van der Waals surface area contributed by atoms with Crippen LogP contribution < -0.4 is 24.8 Å². The van der Waals surface area contributed by atoms with Crippen LogP contribution >= 0.6 is 0 Å². The number of hydrogen-bond acceptors (Lipinski definition) is 0. The molecule has 11 unspecified atom stereocenters. The van der Waals surface area contributed by atoms with Crippen molar-refractivity contribution in [2.24, 2.45) is 47.3 Å². The maximum atomic E-state index is 2.66. The third-order valence-corrected chi connectivity index (χ3v) is 25.4. The SMILES string of the molecule is C[CH]1[CH2][Zr+2]1([C]1=CC=CC1)[CH]1C2C=CC=CC2C2C3C=CC=CC3C3C=CC=CC3C21.[Cl-].[Cl-]. The third-order valence-electron chi connectivity index (χ3n) is 10.0. The molecule has 1 saturated heterocycles. The maximum absolute atomic E-state index is 2.66. The first-order valence-corrected chi connectivity index (χ1v) is 18.0. The van der Waals surface area contributed by atoms with Crippen LogP contribution in [-0.2, 0) is 20.3 Å². The average molecular weight is 543 g/mol. The molecule has 7 aliphatic rings. The molecule has 0 aromatic heterocycles.